The Labute approximate surface area is 202 Å². The second kappa shape index (κ2) is 10.3. The normalized spacial score (nSPS) is 13.7. The van der Waals surface area contributed by atoms with Crippen molar-refractivity contribution in [2.45, 2.75) is 6.92 Å². The fourth-order valence-electron chi connectivity index (χ4n) is 3.58. The van der Waals surface area contributed by atoms with E-state index in [0.29, 0.717) is 22.3 Å². The molecule has 0 amide bonds. The summed E-state index contributed by atoms with van der Waals surface area (Å²) in [5, 5.41) is 5.38. The van der Waals surface area contributed by atoms with Crippen molar-refractivity contribution in [3.63, 3.8) is 0 Å². The lowest BCUT2D eigenvalue weighted by atomic mass is 10.1. The molecule has 166 valence electrons. The molecule has 2 aromatic carbocycles. The average molecular weight is 486 g/mol. The van der Waals surface area contributed by atoms with Crippen molar-refractivity contribution in [2.24, 2.45) is 0 Å². The first-order valence-electron chi connectivity index (χ1n) is 10.5. The minimum absolute atomic E-state index is 0.325. The molecule has 0 radical (unpaired) electrons. The van der Waals surface area contributed by atoms with Crippen LogP contribution in [0, 0.1) is 0 Å². The number of nitrogens with one attached hydrogen (secondary N) is 1. The molecule has 0 spiro atoms. The largest absolute Gasteiger partial charge is 0.462 e. The van der Waals surface area contributed by atoms with E-state index in [1.807, 2.05) is 60.7 Å². The Kier molecular flexibility index (Phi) is 7.29. The number of rotatable bonds is 5. The van der Waals surface area contributed by atoms with Gasteiger partial charge in [0.2, 0.25) is 0 Å². The zero-order chi connectivity index (χ0) is 22.5. The molecule has 1 fully saturated rings. The number of benzene rings is 2. The van der Waals surface area contributed by atoms with Gasteiger partial charge in [0, 0.05) is 41.8 Å². The lowest BCUT2D eigenvalue weighted by molar-refractivity contribution is 0.0528. The van der Waals surface area contributed by atoms with Gasteiger partial charge in [-0.15, -0.1) is 11.3 Å². The van der Waals surface area contributed by atoms with E-state index < -0.39 is 0 Å². The lowest BCUT2D eigenvalue weighted by Gasteiger charge is -2.37. The van der Waals surface area contributed by atoms with E-state index in [-0.39, 0.29) is 5.97 Å². The van der Waals surface area contributed by atoms with E-state index in [1.165, 1.54) is 11.3 Å². The highest BCUT2D eigenvalue weighted by Crippen LogP contribution is 2.36. The predicted octanol–water partition coefficient (Wildman–Crippen LogP) is 5.76. The summed E-state index contributed by atoms with van der Waals surface area (Å²) < 4.78 is 5.27. The van der Waals surface area contributed by atoms with Crippen molar-refractivity contribution >= 4 is 56.9 Å². The molecular weight excluding hydrogens is 462 g/mol. The Bertz CT molecular complexity index is 1080. The fraction of sp³-hybridized carbons (Fsp3) is 0.250. The van der Waals surface area contributed by atoms with Crippen LogP contribution in [-0.2, 0) is 4.74 Å². The van der Waals surface area contributed by atoms with Gasteiger partial charge in [-0.05, 0) is 55.0 Å². The summed E-state index contributed by atoms with van der Waals surface area (Å²) in [6, 6.07) is 19.8. The van der Waals surface area contributed by atoms with Gasteiger partial charge < -0.3 is 19.9 Å². The van der Waals surface area contributed by atoms with Crippen LogP contribution < -0.4 is 10.2 Å². The van der Waals surface area contributed by atoms with Gasteiger partial charge in [-0.3, -0.25) is 0 Å². The molecule has 5 nitrogen and oxygen atoms in total. The Hall–Kier alpha value is -2.61. The molecule has 3 aromatic rings. The standard InChI is InChI=1S/C24H24ClN3O2S2/c1-2-30-23(29)20-16-21(17-6-4-3-5-7-17)32-22(20)26-24(31)28-14-12-27(13-15-28)19-10-8-18(25)9-11-19/h3-11,16H,2,12-15H2,1H3,(H,26,31). The molecule has 1 saturated heterocycles. The number of halogens is 1. The van der Waals surface area contributed by atoms with Gasteiger partial charge in [-0.1, -0.05) is 41.9 Å². The van der Waals surface area contributed by atoms with Crippen LogP contribution in [0.2, 0.25) is 5.02 Å². The Morgan fingerprint density at radius 3 is 2.44 bits per heavy atom. The summed E-state index contributed by atoms with van der Waals surface area (Å²) in [7, 11) is 0. The van der Waals surface area contributed by atoms with E-state index in [4.69, 9.17) is 28.6 Å². The first-order chi connectivity index (χ1) is 15.5. The summed E-state index contributed by atoms with van der Waals surface area (Å²) in [6.45, 7) is 5.42. The molecule has 4 rings (SSSR count). The van der Waals surface area contributed by atoms with Crippen LogP contribution in [0.15, 0.2) is 60.7 Å². The van der Waals surface area contributed by atoms with E-state index in [2.05, 4.69) is 15.1 Å². The molecule has 0 atom stereocenters. The van der Waals surface area contributed by atoms with Crippen LogP contribution in [0.3, 0.4) is 0 Å². The summed E-state index contributed by atoms with van der Waals surface area (Å²) >= 11 is 13.2. The van der Waals surface area contributed by atoms with Crippen molar-refractivity contribution < 1.29 is 9.53 Å². The zero-order valence-corrected chi connectivity index (χ0v) is 20.1. The topological polar surface area (TPSA) is 44.8 Å². The predicted molar refractivity (Wildman–Crippen MR) is 137 cm³/mol. The number of hydrogen-bond acceptors (Lipinski definition) is 5. The molecule has 2 heterocycles. The van der Waals surface area contributed by atoms with Crippen molar-refractivity contribution in [3.8, 4) is 10.4 Å². The number of ether oxygens (including phenoxy) is 1. The van der Waals surface area contributed by atoms with Crippen LogP contribution >= 0.6 is 35.2 Å². The highest BCUT2D eigenvalue weighted by molar-refractivity contribution is 7.80. The maximum absolute atomic E-state index is 12.6. The second-order valence-corrected chi connectivity index (χ2v) is 9.20. The third-order valence-corrected chi connectivity index (χ3v) is 6.98. The number of hydrogen-bond donors (Lipinski definition) is 1. The highest BCUT2D eigenvalue weighted by atomic mass is 35.5. The van der Waals surface area contributed by atoms with Crippen LogP contribution in [0.1, 0.15) is 17.3 Å². The quantitative estimate of drug-likeness (QED) is 0.366. The molecule has 0 saturated carbocycles. The number of carbonyl (C=O) groups excluding carboxylic acids is 1. The van der Waals surface area contributed by atoms with Crippen LogP contribution in [0.25, 0.3) is 10.4 Å². The minimum Gasteiger partial charge on any atom is -0.462 e. The average Bonchev–Trinajstić information content (AvgIpc) is 3.24. The number of thiophene rings is 1. The second-order valence-electron chi connectivity index (χ2n) is 7.32. The van der Waals surface area contributed by atoms with E-state index >= 15 is 0 Å². The zero-order valence-electron chi connectivity index (χ0n) is 17.7. The molecule has 0 aliphatic carbocycles. The summed E-state index contributed by atoms with van der Waals surface area (Å²) in [5.41, 5.74) is 2.72. The van der Waals surface area contributed by atoms with Gasteiger partial charge in [-0.2, -0.15) is 0 Å². The molecule has 1 N–H and O–H groups in total. The first kappa shape index (κ1) is 22.6. The lowest BCUT2D eigenvalue weighted by Crippen LogP contribution is -2.50. The summed E-state index contributed by atoms with van der Waals surface area (Å²) in [6.07, 6.45) is 0. The summed E-state index contributed by atoms with van der Waals surface area (Å²) in [5.74, 6) is -0.344. The number of thiocarbonyl (C=S) groups is 1. The van der Waals surface area contributed by atoms with Crippen molar-refractivity contribution in [1.82, 2.24) is 4.90 Å². The van der Waals surface area contributed by atoms with Gasteiger partial charge in [0.15, 0.2) is 5.11 Å². The molecule has 1 aliphatic rings. The van der Waals surface area contributed by atoms with E-state index in [1.54, 1.807) is 6.92 Å². The Morgan fingerprint density at radius 1 is 1.09 bits per heavy atom. The minimum atomic E-state index is -0.344. The number of nitrogens with zero attached hydrogens (tertiary/aromatic N) is 2. The Balaban J connectivity index is 1.46. The van der Waals surface area contributed by atoms with E-state index in [9.17, 15) is 4.79 Å². The van der Waals surface area contributed by atoms with Crippen LogP contribution in [0.5, 0.6) is 0 Å². The van der Waals surface area contributed by atoms with E-state index in [0.717, 1.165) is 47.3 Å². The fourth-order valence-corrected chi connectivity index (χ4v) is 5.11. The molecule has 1 aromatic heterocycles. The van der Waals surface area contributed by atoms with Gasteiger partial charge in [0.1, 0.15) is 5.00 Å². The highest BCUT2D eigenvalue weighted by Gasteiger charge is 2.23. The monoisotopic (exact) mass is 485 g/mol. The number of piperazine rings is 1. The molecule has 0 bridgehead atoms. The van der Waals surface area contributed by atoms with Gasteiger partial charge in [-0.25, -0.2) is 4.79 Å². The van der Waals surface area contributed by atoms with Gasteiger partial charge >= 0.3 is 5.97 Å². The number of carbonyl (C=O) groups is 1. The number of esters is 1. The maximum atomic E-state index is 12.6. The van der Waals surface area contributed by atoms with Crippen molar-refractivity contribution in [1.29, 1.82) is 0 Å². The van der Waals surface area contributed by atoms with Gasteiger partial charge in [0.25, 0.3) is 0 Å². The molecule has 32 heavy (non-hydrogen) atoms. The van der Waals surface area contributed by atoms with Crippen LogP contribution in [0.4, 0.5) is 10.7 Å². The molecule has 8 heteroatoms. The molecular formula is C24H24ClN3O2S2. The number of anilines is 2. The molecule has 0 unspecified atom stereocenters. The van der Waals surface area contributed by atoms with Crippen molar-refractivity contribution in [2.75, 3.05) is 43.0 Å². The maximum Gasteiger partial charge on any atom is 0.341 e. The van der Waals surface area contributed by atoms with Crippen molar-refractivity contribution in [3.05, 3.63) is 71.2 Å². The third kappa shape index (κ3) is 5.23. The van der Waals surface area contributed by atoms with Crippen LogP contribution in [-0.4, -0.2) is 48.8 Å². The Morgan fingerprint density at radius 2 is 1.78 bits per heavy atom. The SMILES string of the molecule is CCOC(=O)c1cc(-c2ccccc2)sc1NC(=S)N1CCN(c2ccc(Cl)cc2)CC1. The first-order valence-corrected chi connectivity index (χ1v) is 12.1. The summed E-state index contributed by atoms with van der Waals surface area (Å²) in [4.78, 5) is 18.0. The third-order valence-electron chi connectivity index (χ3n) is 5.26. The van der Waals surface area contributed by atoms with Gasteiger partial charge in [0.05, 0.1) is 12.2 Å². The smallest absolute Gasteiger partial charge is 0.341 e. The molecule has 1 aliphatic heterocycles.